The number of amides is 1. The maximum absolute atomic E-state index is 12.8. The minimum atomic E-state index is -0.986. The zero-order valence-corrected chi connectivity index (χ0v) is 18.7. The van der Waals surface area contributed by atoms with Crippen molar-refractivity contribution in [1.82, 2.24) is 4.90 Å². The Balaban J connectivity index is 1.77. The number of carbonyl (C=O) groups excluding carboxylic acids is 1. The van der Waals surface area contributed by atoms with E-state index in [2.05, 4.69) is 5.32 Å². The van der Waals surface area contributed by atoms with Crippen LogP contribution in [0.3, 0.4) is 0 Å². The van der Waals surface area contributed by atoms with Gasteiger partial charge in [-0.05, 0) is 67.4 Å². The highest BCUT2D eigenvalue weighted by atomic mass is 32.1. The number of benzene rings is 2. The Kier molecular flexibility index (Phi) is 6.77. The van der Waals surface area contributed by atoms with Gasteiger partial charge in [-0.15, -0.1) is 11.3 Å². The van der Waals surface area contributed by atoms with E-state index in [1.165, 1.54) is 0 Å². The summed E-state index contributed by atoms with van der Waals surface area (Å²) in [6, 6.07) is 16.6. The number of rotatable bonds is 8. The van der Waals surface area contributed by atoms with E-state index >= 15 is 0 Å². The molecule has 1 atom stereocenters. The van der Waals surface area contributed by atoms with E-state index in [9.17, 15) is 14.7 Å². The second-order valence-corrected chi connectivity index (χ2v) is 8.64. The topological polar surface area (TPSA) is 95.7 Å². The van der Waals surface area contributed by atoms with Crippen molar-refractivity contribution in [2.24, 2.45) is 0 Å². The largest absolute Gasteiger partial charge is 0.480 e. The van der Waals surface area contributed by atoms with Gasteiger partial charge >= 0.3 is 5.97 Å². The van der Waals surface area contributed by atoms with E-state index in [0.717, 1.165) is 16.0 Å². The summed E-state index contributed by atoms with van der Waals surface area (Å²) in [6.45, 7) is 1.87. The van der Waals surface area contributed by atoms with Crippen molar-refractivity contribution in [3.05, 3.63) is 71.1 Å². The number of carboxylic acids is 1. The zero-order chi connectivity index (χ0) is 22.6. The van der Waals surface area contributed by atoms with Crippen molar-refractivity contribution in [2.45, 2.75) is 25.3 Å². The van der Waals surface area contributed by atoms with Gasteiger partial charge in [0.15, 0.2) is 0 Å². The van der Waals surface area contributed by atoms with Gasteiger partial charge in [-0.1, -0.05) is 31.2 Å². The molecule has 4 N–H and O–H groups in total. The van der Waals surface area contributed by atoms with Crippen LogP contribution in [0.25, 0.3) is 10.4 Å². The predicted octanol–water partition coefficient (Wildman–Crippen LogP) is 4.59. The third-order valence-corrected chi connectivity index (χ3v) is 6.58. The van der Waals surface area contributed by atoms with Gasteiger partial charge in [0.2, 0.25) is 0 Å². The lowest BCUT2D eigenvalue weighted by molar-refractivity contribution is -0.150. The molecule has 0 spiro atoms. The van der Waals surface area contributed by atoms with Crippen LogP contribution >= 0.6 is 11.3 Å². The van der Waals surface area contributed by atoms with E-state index in [1.54, 1.807) is 60.7 Å². The normalized spacial score (nSPS) is 13.0. The first-order valence-corrected chi connectivity index (χ1v) is 10.9. The summed E-state index contributed by atoms with van der Waals surface area (Å²) in [5, 5.41) is 14.6. The van der Waals surface area contributed by atoms with E-state index in [1.807, 2.05) is 36.6 Å². The quantitative estimate of drug-likeness (QED) is 0.448. The molecule has 7 heteroatoms. The molecule has 162 valence electrons. The van der Waals surface area contributed by atoms with Crippen molar-refractivity contribution in [3.8, 4) is 10.4 Å². The fourth-order valence-electron chi connectivity index (χ4n) is 3.58. The monoisotopic (exact) mass is 437 g/mol. The first-order chi connectivity index (χ1) is 14.8. The molecule has 0 saturated carbocycles. The van der Waals surface area contributed by atoms with Crippen LogP contribution in [0.4, 0.5) is 11.4 Å². The number of nitrogens with zero attached hydrogens (tertiary/aromatic N) is 1. The molecule has 0 fully saturated rings. The van der Waals surface area contributed by atoms with Gasteiger partial charge in [-0.3, -0.25) is 14.5 Å². The lowest BCUT2D eigenvalue weighted by Gasteiger charge is -2.35. The summed E-state index contributed by atoms with van der Waals surface area (Å²) >= 11 is 1.62. The minimum absolute atomic E-state index is 0.269. The fraction of sp³-hybridized carbons (Fsp3) is 0.250. The Bertz CT molecular complexity index is 1060. The first-order valence-electron chi connectivity index (χ1n) is 10.0. The predicted molar refractivity (Wildman–Crippen MR) is 127 cm³/mol. The average molecular weight is 438 g/mol. The van der Waals surface area contributed by atoms with Crippen LogP contribution in [0.5, 0.6) is 0 Å². The van der Waals surface area contributed by atoms with E-state index < -0.39 is 11.5 Å². The van der Waals surface area contributed by atoms with Crippen LogP contribution in [0.1, 0.15) is 29.3 Å². The van der Waals surface area contributed by atoms with Gasteiger partial charge in [0.25, 0.3) is 5.91 Å². The van der Waals surface area contributed by atoms with Gasteiger partial charge in [-0.25, -0.2) is 0 Å². The highest BCUT2D eigenvalue weighted by Gasteiger charge is 2.39. The third kappa shape index (κ3) is 4.78. The Hall–Kier alpha value is -3.16. The summed E-state index contributed by atoms with van der Waals surface area (Å²) in [4.78, 5) is 27.5. The number of carboxylic acid groups (broad SMARTS) is 1. The molecule has 1 unspecified atom stereocenters. The average Bonchev–Trinajstić information content (AvgIpc) is 3.28. The molecule has 1 heterocycles. The molecule has 3 aromatic rings. The summed E-state index contributed by atoms with van der Waals surface area (Å²) < 4.78 is 0. The van der Waals surface area contributed by atoms with Crippen LogP contribution in [0.15, 0.2) is 60.0 Å². The molecule has 0 bridgehead atoms. The molecular weight excluding hydrogens is 410 g/mol. The smallest absolute Gasteiger partial charge is 0.324 e. The van der Waals surface area contributed by atoms with Crippen molar-refractivity contribution in [2.75, 3.05) is 25.1 Å². The highest BCUT2D eigenvalue weighted by Crippen LogP contribution is 2.30. The third-order valence-electron chi connectivity index (χ3n) is 5.66. The van der Waals surface area contributed by atoms with Gasteiger partial charge in [-0.2, -0.15) is 0 Å². The molecular formula is C24H27N3O3S. The van der Waals surface area contributed by atoms with Gasteiger partial charge in [0.05, 0.1) is 11.4 Å². The molecule has 2 aromatic carbocycles. The van der Waals surface area contributed by atoms with Crippen molar-refractivity contribution in [1.29, 1.82) is 0 Å². The number of nitrogens with one attached hydrogen (secondary N) is 1. The summed E-state index contributed by atoms with van der Waals surface area (Å²) in [5.74, 6) is -1.13. The Labute approximate surface area is 186 Å². The Morgan fingerprint density at radius 3 is 2.39 bits per heavy atom. The lowest BCUT2D eigenvalue weighted by Crippen LogP contribution is -2.52. The first kappa shape index (κ1) is 22.5. The molecule has 31 heavy (non-hydrogen) atoms. The number of nitrogens with two attached hydrogens (primary N) is 1. The van der Waals surface area contributed by atoms with Crippen LogP contribution in [0, 0.1) is 0 Å². The molecule has 0 aliphatic heterocycles. The van der Waals surface area contributed by atoms with Gasteiger partial charge in [0.1, 0.15) is 5.54 Å². The number of aliphatic carboxylic acids is 1. The molecule has 1 aromatic heterocycles. The minimum Gasteiger partial charge on any atom is -0.480 e. The number of hydrogen-bond acceptors (Lipinski definition) is 5. The van der Waals surface area contributed by atoms with Crippen LogP contribution in [-0.2, 0) is 11.2 Å². The number of carbonyl (C=O) groups is 2. The van der Waals surface area contributed by atoms with Crippen LogP contribution < -0.4 is 11.1 Å². The second-order valence-electron chi connectivity index (χ2n) is 7.69. The van der Waals surface area contributed by atoms with E-state index in [0.29, 0.717) is 29.8 Å². The molecule has 0 radical (unpaired) electrons. The number of likely N-dealkylation sites (N-methyl/N-ethyl adjacent to an activating group) is 1. The van der Waals surface area contributed by atoms with Crippen LogP contribution in [-0.4, -0.2) is 41.5 Å². The molecule has 0 aliphatic rings. The number of hydrogen-bond donors (Lipinski definition) is 3. The van der Waals surface area contributed by atoms with Gasteiger partial charge in [0, 0.05) is 16.9 Å². The summed E-state index contributed by atoms with van der Waals surface area (Å²) in [5.41, 5.74) is 8.45. The SMILES string of the molecule is CCC(Cc1ccc(C(=O)Nc2cc(-c3cccs3)ccc2N)cc1)(C(=O)O)N(C)C. The second kappa shape index (κ2) is 9.32. The molecule has 0 aliphatic carbocycles. The summed E-state index contributed by atoms with van der Waals surface area (Å²) in [7, 11) is 3.54. The number of thiophene rings is 1. The molecule has 0 saturated heterocycles. The lowest BCUT2D eigenvalue weighted by atomic mass is 9.86. The molecule has 3 rings (SSSR count). The van der Waals surface area contributed by atoms with E-state index in [4.69, 9.17) is 5.73 Å². The van der Waals surface area contributed by atoms with Crippen LogP contribution in [0.2, 0.25) is 0 Å². The van der Waals surface area contributed by atoms with Gasteiger partial charge < -0.3 is 16.2 Å². The van der Waals surface area contributed by atoms with Crippen molar-refractivity contribution < 1.29 is 14.7 Å². The standard InChI is InChI=1S/C24H27N3O3S/c1-4-24(23(29)30,27(2)3)15-16-7-9-17(10-8-16)22(28)26-20-14-18(11-12-19(20)25)21-6-5-13-31-21/h5-14H,4,15,25H2,1-3H3,(H,26,28)(H,29,30). The highest BCUT2D eigenvalue weighted by molar-refractivity contribution is 7.13. The number of nitrogen functional groups attached to an aromatic ring is 1. The zero-order valence-electron chi connectivity index (χ0n) is 17.9. The summed E-state index contributed by atoms with van der Waals surface area (Å²) in [6.07, 6.45) is 0.820. The Morgan fingerprint density at radius 1 is 1.13 bits per heavy atom. The molecule has 1 amide bonds. The van der Waals surface area contributed by atoms with E-state index in [-0.39, 0.29) is 5.91 Å². The van der Waals surface area contributed by atoms with Crippen molar-refractivity contribution in [3.63, 3.8) is 0 Å². The fourth-order valence-corrected chi connectivity index (χ4v) is 4.31. The Morgan fingerprint density at radius 2 is 1.84 bits per heavy atom. The maximum Gasteiger partial charge on any atom is 0.324 e. The molecule has 6 nitrogen and oxygen atoms in total. The number of anilines is 2. The van der Waals surface area contributed by atoms with Crippen molar-refractivity contribution >= 4 is 34.6 Å². The maximum atomic E-state index is 12.8.